The number of hydrogen-bond acceptors (Lipinski definition) is 3. The van der Waals surface area contributed by atoms with Gasteiger partial charge in [-0.15, -0.1) is 0 Å². The molecule has 4 nitrogen and oxygen atoms in total. The molecule has 1 amide bonds. The van der Waals surface area contributed by atoms with Gasteiger partial charge in [-0.2, -0.15) is 0 Å². The van der Waals surface area contributed by atoms with Crippen molar-refractivity contribution in [2.45, 2.75) is 25.8 Å². The van der Waals surface area contributed by atoms with E-state index >= 15 is 0 Å². The number of nitrogens with one attached hydrogen (secondary N) is 2. The minimum absolute atomic E-state index is 0.0939. The molecule has 5 heteroatoms. The fourth-order valence-electron chi connectivity index (χ4n) is 1.98. The van der Waals surface area contributed by atoms with Crippen molar-refractivity contribution in [1.29, 1.82) is 0 Å². The summed E-state index contributed by atoms with van der Waals surface area (Å²) in [5, 5.41) is 6.20. The number of halogens is 1. The topological polar surface area (TPSA) is 54.0 Å². The number of aromatic nitrogens is 1. The van der Waals surface area contributed by atoms with Crippen LogP contribution in [0, 0.1) is 6.92 Å². The van der Waals surface area contributed by atoms with Gasteiger partial charge in [-0.25, -0.2) is 4.98 Å². The van der Waals surface area contributed by atoms with Crippen molar-refractivity contribution in [3.8, 4) is 0 Å². The molecule has 0 spiro atoms. The summed E-state index contributed by atoms with van der Waals surface area (Å²) in [6.07, 6.45) is 3.84. The van der Waals surface area contributed by atoms with Crippen LogP contribution in [0.5, 0.6) is 0 Å². The lowest BCUT2D eigenvalue weighted by atomic mass is 10.2. The van der Waals surface area contributed by atoms with Gasteiger partial charge in [0.25, 0.3) is 5.91 Å². The van der Waals surface area contributed by atoms with E-state index in [1.165, 1.54) is 0 Å². The van der Waals surface area contributed by atoms with Gasteiger partial charge in [0.2, 0.25) is 0 Å². The van der Waals surface area contributed by atoms with Crippen LogP contribution in [0.15, 0.2) is 41.0 Å². The van der Waals surface area contributed by atoms with Crippen LogP contribution in [0.2, 0.25) is 0 Å². The molecule has 0 unspecified atom stereocenters. The van der Waals surface area contributed by atoms with E-state index in [-0.39, 0.29) is 5.91 Å². The smallest absolute Gasteiger partial charge is 0.270 e. The molecule has 1 aromatic carbocycles. The highest BCUT2D eigenvalue weighted by Crippen LogP contribution is 2.23. The number of rotatable bonds is 4. The first-order valence-corrected chi connectivity index (χ1v) is 7.71. The number of anilines is 2. The van der Waals surface area contributed by atoms with E-state index < -0.39 is 0 Å². The van der Waals surface area contributed by atoms with Crippen LogP contribution >= 0.6 is 15.9 Å². The summed E-state index contributed by atoms with van der Waals surface area (Å²) in [4.78, 5) is 16.1. The number of carbonyl (C=O) groups is 1. The molecule has 21 heavy (non-hydrogen) atoms. The summed E-state index contributed by atoms with van der Waals surface area (Å²) in [7, 11) is 0. The molecular formula is C16H16BrN3O. The lowest BCUT2D eigenvalue weighted by Crippen LogP contribution is -2.26. The second-order valence-electron chi connectivity index (χ2n) is 5.27. The van der Waals surface area contributed by atoms with Gasteiger partial charge in [0, 0.05) is 16.2 Å². The maximum absolute atomic E-state index is 11.8. The van der Waals surface area contributed by atoms with Gasteiger partial charge in [-0.05, 0) is 55.7 Å². The molecule has 1 saturated carbocycles. The van der Waals surface area contributed by atoms with E-state index in [0.29, 0.717) is 11.7 Å². The molecule has 3 rings (SSSR count). The minimum Gasteiger partial charge on any atom is -0.354 e. The Morgan fingerprint density at radius 1 is 1.24 bits per heavy atom. The van der Waals surface area contributed by atoms with E-state index in [1.54, 1.807) is 12.3 Å². The highest BCUT2D eigenvalue weighted by atomic mass is 79.9. The highest BCUT2D eigenvalue weighted by Gasteiger charge is 2.24. The van der Waals surface area contributed by atoms with Gasteiger partial charge in [0.15, 0.2) is 0 Å². The van der Waals surface area contributed by atoms with Crippen LogP contribution in [0.1, 0.15) is 28.9 Å². The molecule has 1 heterocycles. The first-order valence-electron chi connectivity index (χ1n) is 6.92. The standard InChI is InChI=1S/C16H16BrN3O/c1-10-8-12(4-6-14(10)17)19-13-5-7-15(18-9-13)16(21)20-11-2-3-11/h4-9,11,19H,2-3H2,1H3,(H,20,21). The van der Waals surface area contributed by atoms with E-state index in [9.17, 15) is 4.79 Å². The van der Waals surface area contributed by atoms with Gasteiger partial charge in [0.05, 0.1) is 11.9 Å². The van der Waals surface area contributed by atoms with E-state index in [4.69, 9.17) is 0 Å². The maximum atomic E-state index is 11.8. The van der Waals surface area contributed by atoms with Crippen LogP contribution < -0.4 is 10.6 Å². The molecule has 2 N–H and O–H groups in total. The first kappa shape index (κ1) is 14.1. The third kappa shape index (κ3) is 3.61. The second kappa shape index (κ2) is 5.85. The minimum atomic E-state index is -0.0939. The molecule has 1 aliphatic carbocycles. The van der Waals surface area contributed by atoms with Gasteiger partial charge in [-0.3, -0.25) is 4.79 Å². The van der Waals surface area contributed by atoms with Crippen molar-refractivity contribution >= 4 is 33.2 Å². The SMILES string of the molecule is Cc1cc(Nc2ccc(C(=O)NC3CC3)nc2)ccc1Br. The van der Waals surface area contributed by atoms with Gasteiger partial charge < -0.3 is 10.6 Å². The molecule has 1 aromatic heterocycles. The van der Waals surface area contributed by atoms with Crippen LogP contribution in [0.25, 0.3) is 0 Å². The highest BCUT2D eigenvalue weighted by molar-refractivity contribution is 9.10. The predicted molar refractivity (Wildman–Crippen MR) is 86.9 cm³/mol. The average molecular weight is 346 g/mol. The molecule has 2 aromatic rings. The van der Waals surface area contributed by atoms with Crippen molar-refractivity contribution in [1.82, 2.24) is 10.3 Å². The zero-order valence-electron chi connectivity index (χ0n) is 11.7. The van der Waals surface area contributed by atoms with Gasteiger partial charge in [0.1, 0.15) is 5.69 Å². The predicted octanol–water partition coefficient (Wildman–Crippen LogP) is 3.79. The average Bonchev–Trinajstić information content (AvgIpc) is 3.28. The third-order valence-electron chi connectivity index (χ3n) is 3.36. The largest absolute Gasteiger partial charge is 0.354 e. The van der Waals surface area contributed by atoms with Crippen LogP contribution in [-0.2, 0) is 0 Å². The number of pyridine rings is 1. The molecule has 0 saturated heterocycles. The second-order valence-corrected chi connectivity index (χ2v) is 6.12. The molecule has 108 valence electrons. The Kier molecular flexibility index (Phi) is 3.92. The summed E-state index contributed by atoms with van der Waals surface area (Å²) in [6.45, 7) is 2.04. The number of carbonyl (C=O) groups excluding carboxylic acids is 1. The monoisotopic (exact) mass is 345 g/mol. The Labute approximate surface area is 132 Å². The molecule has 0 radical (unpaired) electrons. The van der Waals surface area contributed by atoms with Crippen molar-refractivity contribution < 1.29 is 4.79 Å². The van der Waals surface area contributed by atoms with Crippen LogP contribution in [0.4, 0.5) is 11.4 Å². The Bertz CT molecular complexity index is 666. The van der Waals surface area contributed by atoms with E-state index in [0.717, 1.165) is 34.3 Å². The quantitative estimate of drug-likeness (QED) is 0.886. The molecule has 0 bridgehead atoms. The van der Waals surface area contributed by atoms with E-state index in [2.05, 4.69) is 37.6 Å². The summed E-state index contributed by atoms with van der Waals surface area (Å²) in [5.41, 5.74) is 3.47. The number of nitrogens with zero attached hydrogens (tertiary/aromatic N) is 1. The number of benzene rings is 1. The van der Waals surface area contributed by atoms with Gasteiger partial charge in [-0.1, -0.05) is 15.9 Å². The Hall–Kier alpha value is -1.88. The van der Waals surface area contributed by atoms with Crippen LogP contribution in [-0.4, -0.2) is 16.9 Å². The molecular weight excluding hydrogens is 330 g/mol. The third-order valence-corrected chi connectivity index (χ3v) is 4.25. The fraction of sp³-hybridized carbons (Fsp3) is 0.250. The zero-order valence-corrected chi connectivity index (χ0v) is 13.3. The summed E-state index contributed by atoms with van der Waals surface area (Å²) in [6, 6.07) is 10.0. The van der Waals surface area contributed by atoms with Crippen molar-refractivity contribution in [3.05, 3.63) is 52.3 Å². The summed E-state index contributed by atoms with van der Waals surface area (Å²) >= 11 is 3.48. The number of amides is 1. The van der Waals surface area contributed by atoms with Crippen molar-refractivity contribution in [2.24, 2.45) is 0 Å². The maximum Gasteiger partial charge on any atom is 0.270 e. The molecule has 0 atom stereocenters. The normalized spacial score (nSPS) is 13.8. The van der Waals surface area contributed by atoms with E-state index in [1.807, 2.05) is 25.1 Å². The fourth-order valence-corrected chi connectivity index (χ4v) is 2.22. The molecule has 1 fully saturated rings. The number of aryl methyl sites for hydroxylation is 1. The lowest BCUT2D eigenvalue weighted by molar-refractivity contribution is 0.0946. The number of hydrogen-bond donors (Lipinski definition) is 2. The van der Waals surface area contributed by atoms with Crippen LogP contribution in [0.3, 0.4) is 0 Å². The summed E-state index contributed by atoms with van der Waals surface area (Å²) in [5.74, 6) is -0.0939. The molecule has 1 aliphatic rings. The Morgan fingerprint density at radius 2 is 2.00 bits per heavy atom. The lowest BCUT2D eigenvalue weighted by Gasteiger charge is -2.08. The van der Waals surface area contributed by atoms with Gasteiger partial charge >= 0.3 is 0 Å². The summed E-state index contributed by atoms with van der Waals surface area (Å²) < 4.78 is 1.08. The molecule has 0 aliphatic heterocycles. The zero-order chi connectivity index (χ0) is 14.8. The van der Waals surface area contributed by atoms with Crippen molar-refractivity contribution in [2.75, 3.05) is 5.32 Å². The Balaban J connectivity index is 1.68. The van der Waals surface area contributed by atoms with Crippen molar-refractivity contribution in [3.63, 3.8) is 0 Å². The first-order chi connectivity index (χ1) is 10.1. The Morgan fingerprint density at radius 3 is 2.62 bits per heavy atom.